The first-order valence-electron chi connectivity index (χ1n) is 17.1. The van der Waals surface area contributed by atoms with Crippen molar-refractivity contribution in [2.24, 2.45) is 0 Å². The van der Waals surface area contributed by atoms with Crippen LogP contribution in [-0.4, -0.2) is 0 Å². The van der Waals surface area contributed by atoms with Gasteiger partial charge in [0.2, 0.25) is 0 Å². The van der Waals surface area contributed by atoms with Gasteiger partial charge in [0.1, 0.15) is 11.2 Å². The summed E-state index contributed by atoms with van der Waals surface area (Å²) in [6.45, 7) is 0. The van der Waals surface area contributed by atoms with Crippen LogP contribution < -0.4 is 4.90 Å². The van der Waals surface area contributed by atoms with Gasteiger partial charge in [-0.25, -0.2) is 0 Å². The van der Waals surface area contributed by atoms with E-state index in [1.165, 1.54) is 54.6 Å². The van der Waals surface area contributed by atoms with Crippen molar-refractivity contribution < 1.29 is 4.42 Å². The van der Waals surface area contributed by atoms with Crippen LogP contribution in [0.2, 0.25) is 0 Å². The van der Waals surface area contributed by atoms with E-state index < -0.39 is 0 Å². The van der Waals surface area contributed by atoms with Crippen LogP contribution in [0, 0.1) is 0 Å². The van der Waals surface area contributed by atoms with Crippen molar-refractivity contribution in [3.05, 3.63) is 188 Å². The quantitative estimate of drug-likeness (QED) is 0.175. The lowest BCUT2D eigenvalue weighted by Crippen LogP contribution is -2.10. The van der Waals surface area contributed by atoms with Crippen molar-refractivity contribution >= 4 is 71.3 Å². The van der Waals surface area contributed by atoms with E-state index in [9.17, 15) is 0 Å². The second-order valence-corrected chi connectivity index (χ2v) is 13.0. The highest BCUT2D eigenvalue weighted by atomic mass is 16.3. The van der Waals surface area contributed by atoms with Crippen molar-refractivity contribution in [3.8, 4) is 22.3 Å². The summed E-state index contributed by atoms with van der Waals surface area (Å²) in [5.41, 5.74) is 9.83. The Morgan fingerprint density at radius 1 is 0.300 bits per heavy atom. The Labute approximate surface area is 290 Å². The molecule has 1 aromatic heterocycles. The van der Waals surface area contributed by atoms with Crippen LogP contribution in [0.1, 0.15) is 0 Å². The summed E-state index contributed by atoms with van der Waals surface area (Å²) in [6, 6.07) is 67.6. The lowest BCUT2D eigenvalue weighted by molar-refractivity contribution is 0.669. The molecule has 9 aromatic carbocycles. The molecule has 10 aromatic rings. The van der Waals surface area contributed by atoms with Crippen LogP contribution in [0.3, 0.4) is 0 Å². The minimum absolute atomic E-state index is 0.884. The maximum absolute atomic E-state index is 6.41. The van der Waals surface area contributed by atoms with Gasteiger partial charge in [0.05, 0.1) is 0 Å². The Morgan fingerprint density at radius 3 is 1.72 bits per heavy atom. The van der Waals surface area contributed by atoms with Gasteiger partial charge in [0, 0.05) is 27.8 Å². The highest BCUT2D eigenvalue weighted by molar-refractivity contribution is 6.14. The molecular weight excluding hydrogens is 607 g/mol. The topological polar surface area (TPSA) is 16.4 Å². The summed E-state index contributed by atoms with van der Waals surface area (Å²) in [7, 11) is 0. The van der Waals surface area contributed by atoms with Crippen LogP contribution in [-0.2, 0) is 0 Å². The Bertz CT molecular complexity index is 2870. The molecule has 0 spiro atoms. The molecule has 0 bridgehead atoms. The lowest BCUT2D eigenvalue weighted by Gasteiger charge is -2.26. The molecule has 0 saturated carbocycles. The minimum Gasteiger partial charge on any atom is -0.456 e. The van der Waals surface area contributed by atoms with Crippen LogP contribution >= 0.6 is 0 Å². The summed E-state index contributed by atoms with van der Waals surface area (Å²) < 4.78 is 6.41. The van der Waals surface area contributed by atoms with Crippen molar-refractivity contribution in [3.63, 3.8) is 0 Å². The van der Waals surface area contributed by atoms with Gasteiger partial charge in [-0.05, 0) is 115 Å². The molecule has 0 aliphatic carbocycles. The summed E-state index contributed by atoms with van der Waals surface area (Å²) in [5.74, 6) is 0. The number of anilines is 3. The third-order valence-corrected chi connectivity index (χ3v) is 10.00. The molecule has 10 rings (SSSR count). The average molecular weight is 638 g/mol. The molecule has 0 amide bonds. The van der Waals surface area contributed by atoms with E-state index >= 15 is 0 Å². The first kappa shape index (κ1) is 28.4. The van der Waals surface area contributed by atoms with Crippen LogP contribution in [0.25, 0.3) is 76.5 Å². The fourth-order valence-electron chi connectivity index (χ4n) is 7.58. The Hall–Kier alpha value is -6.64. The van der Waals surface area contributed by atoms with Crippen LogP contribution in [0.5, 0.6) is 0 Å². The van der Waals surface area contributed by atoms with E-state index in [4.69, 9.17) is 4.42 Å². The molecule has 0 radical (unpaired) electrons. The zero-order valence-electron chi connectivity index (χ0n) is 27.3. The van der Waals surface area contributed by atoms with E-state index in [1.807, 2.05) is 0 Å². The van der Waals surface area contributed by atoms with E-state index in [2.05, 4.69) is 193 Å². The maximum atomic E-state index is 6.41. The summed E-state index contributed by atoms with van der Waals surface area (Å²) in [5, 5.41) is 9.64. The maximum Gasteiger partial charge on any atom is 0.136 e. The van der Waals surface area contributed by atoms with Crippen molar-refractivity contribution in [2.75, 3.05) is 4.90 Å². The van der Waals surface area contributed by atoms with Crippen LogP contribution in [0.15, 0.2) is 192 Å². The van der Waals surface area contributed by atoms with E-state index in [0.717, 1.165) is 39.0 Å². The number of furan rings is 1. The number of fused-ring (bicyclic) bond motifs is 7. The smallest absolute Gasteiger partial charge is 0.136 e. The highest BCUT2D eigenvalue weighted by Crippen LogP contribution is 2.42. The fraction of sp³-hybridized carbons (Fsp3) is 0. The largest absolute Gasteiger partial charge is 0.456 e. The van der Waals surface area contributed by atoms with Gasteiger partial charge in [-0.15, -0.1) is 0 Å². The first-order chi connectivity index (χ1) is 24.8. The standard InChI is InChI=1S/C48H31NO/c1-2-11-32(12-3-1)33-21-23-38(24-22-33)49(40-25-26-47-46(31-40)45-28-34-13-4-5-14-35(34)30-48(45)50-47)39-17-10-16-36(27-39)44-29-37-15-6-7-18-41(37)42-19-8-9-20-43(42)44/h1-31H. The molecule has 0 N–H and O–H groups in total. The Balaban J connectivity index is 1.17. The summed E-state index contributed by atoms with van der Waals surface area (Å²) in [4.78, 5) is 2.36. The molecule has 234 valence electrons. The third-order valence-electron chi connectivity index (χ3n) is 10.00. The predicted octanol–water partition coefficient (Wildman–Crippen LogP) is 13.8. The van der Waals surface area contributed by atoms with Gasteiger partial charge in [0.25, 0.3) is 0 Å². The van der Waals surface area contributed by atoms with Gasteiger partial charge >= 0.3 is 0 Å². The summed E-state index contributed by atoms with van der Waals surface area (Å²) in [6.07, 6.45) is 0. The molecule has 2 nitrogen and oxygen atoms in total. The van der Waals surface area contributed by atoms with Gasteiger partial charge in [-0.3, -0.25) is 0 Å². The van der Waals surface area contributed by atoms with Crippen molar-refractivity contribution in [2.45, 2.75) is 0 Å². The van der Waals surface area contributed by atoms with Gasteiger partial charge in [0.15, 0.2) is 0 Å². The molecule has 0 aliphatic rings. The number of hydrogen-bond donors (Lipinski definition) is 0. The van der Waals surface area contributed by atoms with Crippen molar-refractivity contribution in [1.82, 2.24) is 0 Å². The first-order valence-corrected chi connectivity index (χ1v) is 17.1. The number of hydrogen-bond acceptors (Lipinski definition) is 2. The molecule has 0 fully saturated rings. The molecule has 50 heavy (non-hydrogen) atoms. The lowest BCUT2D eigenvalue weighted by atomic mass is 9.93. The van der Waals surface area contributed by atoms with Gasteiger partial charge in [-0.2, -0.15) is 0 Å². The summed E-state index contributed by atoms with van der Waals surface area (Å²) >= 11 is 0. The SMILES string of the molecule is c1ccc(-c2ccc(N(c3cccc(-c4cc5ccccc5c5ccccc45)c3)c3ccc4oc5cc6ccccc6cc5c4c3)cc2)cc1. The molecule has 0 aliphatic heterocycles. The number of nitrogens with zero attached hydrogens (tertiary/aromatic N) is 1. The normalized spacial score (nSPS) is 11.6. The Kier molecular flexibility index (Phi) is 6.53. The van der Waals surface area contributed by atoms with E-state index in [0.29, 0.717) is 0 Å². The number of rotatable bonds is 5. The van der Waals surface area contributed by atoms with Gasteiger partial charge < -0.3 is 9.32 Å². The van der Waals surface area contributed by atoms with E-state index in [-0.39, 0.29) is 0 Å². The fourth-order valence-corrected chi connectivity index (χ4v) is 7.58. The zero-order chi connectivity index (χ0) is 33.0. The van der Waals surface area contributed by atoms with Gasteiger partial charge in [-0.1, -0.05) is 127 Å². The van der Waals surface area contributed by atoms with Crippen molar-refractivity contribution in [1.29, 1.82) is 0 Å². The second-order valence-electron chi connectivity index (χ2n) is 13.0. The predicted molar refractivity (Wildman–Crippen MR) is 212 cm³/mol. The Morgan fingerprint density at radius 2 is 0.900 bits per heavy atom. The van der Waals surface area contributed by atoms with E-state index in [1.54, 1.807) is 0 Å². The molecule has 1 heterocycles. The second kappa shape index (κ2) is 11.5. The zero-order valence-corrected chi connectivity index (χ0v) is 27.3. The number of benzene rings is 9. The average Bonchev–Trinajstić information content (AvgIpc) is 3.54. The molecule has 0 saturated heterocycles. The minimum atomic E-state index is 0.884. The molecule has 0 atom stereocenters. The highest BCUT2D eigenvalue weighted by Gasteiger charge is 2.18. The van der Waals surface area contributed by atoms with Crippen LogP contribution in [0.4, 0.5) is 17.1 Å². The molecule has 0 unspecified atom stereocenters. The third kappa shape index (κ3) is 4.73. The molecular formula is C48H31NO. The monoisotopic (exact) mass is 637 g/mol. The molecule has 2 heteroatoms.